The van der Waals surface area contributed by atoms with Crippen LogP contribution in [0.3, 0.4) is 0 Å². The first-order valence-electron chi connectivity index (χ1n) is 4.97. The molecular weight excluding hydrogens is 261 g/mol. The first-order valence-corrected chi connectivity index (χ1v) is 5.84. The number of alkyl halides is 2. The molecule has 88 valence electrons. The Hall–Kier alpha value is -1.32. The Morgan fingerprint density at radius 1 is 1.24 bits per heavy atom. The van der Waals surface area contributed by atoms with Crippen molar-refractivity contribution < 1.29 is 9.90 Å². The van der Waals surface area contributed by atoms with Gasteiger partial charge < -0.3 is 5.11 Å². The maximum Gasteiger partial charge on any atom is 0.354 e. The van der Waals surface area contributed by atoms with E-state index in [9.17, 15) is 4.79 Å². The number of hydrogen-bond acceptors (Lipinski definition) is 2. The van der Waals surface area contributed by atoms with Gasteiger partial charge in [0.25, 0.3) is 0 Å². The van der Waals surface area contributed by atoms with Crippen LogP contribution in [-0.2, 0) is 4.79 Å². The quantitative estimate of drug-likeness (QED) is 0.840. The number of carbonyl (C=O) groups is 1. The van der Waals surface area contributed by atoms with Crippen molar-refractivity contribution in [1.29, 1.82) is 0 Å². The lowest BCUT2D eigenvalue weighted by Crippen LogP contribution is -2.29. The molecule has 2 unspecified atom stereocenters. The number of nitrogens with zero attached hydrogens (tertiary/aromatic N) is 1. The van der Waals surface area contributed by atoms with Crippen LogP contribution < -0.4 is 0 Å². The first kappa shape index (κ1) is 12.1. The Kier molecular flexibility index (Phi) is 3.50. The van der Waals surface area contributed by atoms with E-state index in [-0.39, 0.29) is 5.70 Å². The van der Waals surface area contributed by atoms with Crippen molar-refractivity contribution in [3.63, 3.8) is 0 Å². The molecule has 0 spiro atoms. The van der Waals surface area contributed by atoms with Crippen molar-refractivity contribution in [3.05, 3.63) is 47.7 Å². The van der Waals surface area contributed by atoms with E-state index in [1.54, 1.807) is 0 Å². The molecule has 1 aliphatic heterocycles. The molecule has 0 saturated heterocycles. The molecule has 0 aromatic heterocycles. The molecule has 1 aliphatic rings. The molecule has 0 radical (unpaired) electrons. The summed E-state index contributed by atoms with van der Waals surface area (Å²) in [6.45, 7) is 0. The molecular formula is C12H9Cl2NO2. The number of aliphatic imine (C=N–C) groups is 1. The third kappa shape index (κ3) is 2.51. The highest BCUT2D eigenvalue weighted by molar-refractivity contribution is 6.42. The van der Waals surface area contributed by atoms with Crippen LogP contribution >= 0.6 is 23.2 Å². The smallest absolute Gasteiger partial charge is 0.354 e. The molecule has 3 nitrogen and oxygen atoms in total. The van der Waals surface area contributed by atoms with Gasteiger partial charge in [0.15, 0.2) is 0 Å². The van der Waals surface area contributed by atoms with E-state index in [4.69, 9.17) is 28.3 Å². The third-order valence-corrected chi connectivity index (χ3v) is 3.37. The fraction of sp³-hybridized carbons (Fsp3) is 0.167. The van der Waals surface area contributed by atoms with Crippen LogP contribution in [0.5, 0.6) is 0 Å². The van der Waals surface area contributed by atoms with Crippen LogP contribution in [0.25, 0.3) is 0 Å². The van der Waals surface area contributed by atoms with Crippen LogP contribution in [0.2, 0.25) is 0 Å². The van der Waals surface area contributed by atoms with Crippen LogP contribution in [0.1, 0.15) is 5.56 Å². The fourth-order valence-corrected chi connectivity index (χ4v) is 2.05. The van der Waals surface area contributed by atoms with Gasteiger partial charge >= 0.3 is 5.97 Å². The maximum atomic E-state index is 10.9. The van der Waals surface area contributed by atoms with Crippen molar-refractivity contribution in [2.45, 2.75) is 10.8 Å². The van der Waals surface area contributed by atoms with Crippen molar-refractivity contribution in [2.24, 2.45) is 4.99 Å². The van der Waals surface area contributed by atoms with Gasteiger partial charge in [0.05, 0.1) is 16.5 Å². The number of carboxylic acid groups (broad SMARTS) is 1. The Morgan fingerprint density at radius 2 is 1.88 bits per heavy atom. The molecule has 0 aliphatic carbocycles. The second-order valence-corrected chi connectivity index (χ2v) is 4.54. The zero-order chi connectivity index (χ0) is 12.4. The number of benzene rings is 1. The van der Waals surface area contributed by atoms with Crippen molar-refractivity contribution in [3.8, 4) is 0 Å². The van der Waals surface area contributed by atoms with Crippen LogP contribution in [0.15, 0.2) is 47.1 Å². The second-order valence-electron chi connectivity index (χ2n) is 3.57. The minimum Gasteiger partial charge on any atom is -0.477 e. The average molecular weight is 270 g/mol. The lowest BCUT2D eigenvalue weighted by Gasteiger charge is -2.20. The summed E-state index contributed by atoms with van der Waals surface area (Å²) in [7, 11) is 0. The molecule has 1 heterocycles. The van der Waals surface area contributed by atoms with Crippen LogP contribution in [0, 0.1) is 0 Å². The topological polar surface area (TPSA) is 49.7 Å². The molecule has 1 N–H and O–H groups in total. The maximum absolute atomic E-state index is 10.9. The van der Waals surface area contributed by atoms with Gasteiger partial charge in [-0.15, -0.1) is 23.2 Å². The van der Waals surface area contributed by atoms with E-state index in [2.05, 4.69) is 4.99 Å². The highest BCUT2D eigenvalue weighted by Gasteiger charge is 2.28. The predicted molar refractivity (Wildman–Crippen MR) is 68.0 cm³/mol. The van der Waals surface area contributed by atoms with Gasteiger partial charge in [-0.1, -0.05) is 30.3 Å². The molecule has 0 saturated carbocycles. The van der Waals surface area contributed by atoms with Crippen molar-refractivity contribution in [2.75, 3.05) is 0 Å². The summed E-state index contributed by atoms with van der Waals surface area (Å²) in [4.78, 5) is 15.0. The van der Waals surface area contributed by atoms with E-state index in [0.29, 0.717) is 5.71 Å². The number of allylic oxidation sites excluding steroid dienone is 1. The molecule has 1 aromatic rings. The number of carboxylic acids is 1. The number of rotatable bonds is 2. The zero-order valence-electron chi connectivity index (χ0n) is 8.68. The van der Waals surface area contributed by atoms with Crippen LogP contribution in [0.4, 0.5) is 0 Å². The van der Waals surface area contributed by atoms with Gasteiger partial charge in [-0.3, -0.25) is 0 Å². The van der Waals surface area contributed by atoms with Gasteiger partial charge in [0.2, 0.25) is 0 Å². The summed E-state index contributed by atoms with van der Waals surface area (Å²) in [6, 6.07) is 9.18. The van der Waals surface area contributed by atoms with E-state index in [1.165, 1.54) is 6.08 Å². The standard InChI is InChI=1S/C12H9Cl2NO2/c13-8-6-9(12(16)17)15-11(10(8)14)7-4-2-1-3-5-7/h1-6,8,10H,(H,16,17). The summed E-state index contributed by atoms with van der Waals surface area (Å²) in [6.07, 6.45) is 1.36. The number of hydrogen-bond donors (Lipinski definition) is 1. The Morgan fingerprint density at radius 3 is 2.47 bits per heavy atom. The summed E-state index contributed by atoms with van der Waals surface area (Å²) in [5.41, 5.74) is 1.21. The van der Waals surface area contributed by atoms with E-state index >= 15 is 0 Å². The predicted octanol–water partition coefficient (Wildman–Crippen LogP) is 2.67. The Labute approximate surface area is 108 Å². The number of halogens is 2. The van der Waals surface area contributed by atoms with Gasteiger partial charge in [0, 0.05) is 0 Å². The Bertz CT molecular complexity index is 496. The number of aliphatic carboxylic acids is 1. The molecule has 0 fully saturated rings. The molecule has 5 heteroatoms. The third-order valence-electron chi connectivity index (χ3n) is 2.39. The summed E-state index contributed by atoms with van der Waals surface area (Å²) in [5, 5.41) is 7.83. The average Bonchev–Trinajstić information content (AvgIpc) is 2.33. The largest absolute Gasteiger partial charge is 0.477 e. The normalized spacial score (nSPS) is 23.9. The second kappa shape index (κ2) is 4.90. The Balaban J connectivity index is 2.45. The minimum atomic E-state index is -1.10. The van der Waals surface area contributed by atoms with E-state index < -0.39 is 16.7 Å². The van der Waals surface area contributed by atoms with Crippen molar-refractivity contribution in [1.82, 2.24) is 0 Å². The monoisotopic (exact) mass is 269 g/mol. The molecule has 2 rings (SSSR count). The molecule has 0 bridgehead atoms. The molecule has 17 heavy (non-hydrogen) atoms. The van der Waals surface area contributed by atoms with Crippen LogP contribution in [-0.4, -0.2) is 27.5 Å². The lowest BCUT2D eigenvalue weighted by molar-refractivity contribution is -0.132. The van der Waals surface area contributed by atoms with E-state index in [0.717, 1.165) is 5.56 Å². The van der Waals surface area contributed by atoms with Gasteiger partial charge in [0.1, 0.15) is 5.70 Å². The summed E-state index contributed by atoms with van der Waals surface area (Å²) < 4.78 is 0. The SMILES string of the molecule is O=C(O)C1=CC(Cl)C(Cl)C(c2ccccc2)=N1. The minimum absolute atomic E-state index is 0.0687. The first-order chi connectivity index (χ1) is 8.09. The summed E-state index contributed by atoms with van der Waals surface area (Å²) in [5.74, 6) is -1.10. The van der Waals surface area contributed by atoms with Crippen molar-refractivity contribution >= 4 is 34.9 Å². The highest BCUT2D eigenvalue weighted by Crippen LogP contribution is 2.25. The van der Waals surface area contributed by atoms with Gasteiger partial charge in [-0.25, -0.2) is 9.79 Å². The van der Waals surface area contributed by atoms with E-state index in [1.807, 2.05) is 30.3 Å². The molecule has 1 aromatic carbocycles. The highest BCUT2D eigenvalue weighted by atomic mass is 35.5. The van der Waals surface area contributed by atoms with Gasteiger partial charge in [-0.2, -0.15) is 0 Å². The zero-order valence-corrected chi connectivity index (χ0v) is 10.2. The fourth-order valence-electron chi connectivity index (χ4n) is 1.57. The molecule has 2 atom stereocenters. The lowest BCUT2D eigenvalue weighted by atomic mass is 10.0. The summed E-state index contributed by atoms with van der Waals surface area (Å²) >= 11 is 12.1. The molecule has 0 amide bonds. The van der Waals surface area contributed by atoms with Gasteiger partial charge in [-0.05, 0) is 11.6 Å².